The zero-order valence-corrected chi connectivity index (χ0v) is 10.1. The summed E-state index contributed by atoms with van der Waals surface area (Å²) in [5.74, 6) is 0. The topological polar surface area (TPSA) is 38.3 Å². The zero-order chi connectivity index (χ0) is 10.3. The third-order valence-corrected chi connectivity index (χ3v) is 3.50. The number of alkyl carbamates (subject to hydrolysis) is 1. The Kier molecular flexibility index (Phi) is 5.78. The van der Waals surface area contributed by atoms with Crippen LogP contribution in [0, 0.1) is 0 Å². The Balaban J connectivity index is 3.31. The maximum Gasteiger partial charge on any atom is 0.407 e. The summed E-state index contributed by atoms with van der Waals surface area (Å²) >= 11 is 0. The van der Waals surface area contributed by atoms with E-state index in [1.54, 1.807) is 0 Å². The van der Waals surface area contributed by atoms with Crippen LogP contribution in [0.25, 0.3) is 0 Å². The van der Waals surface area contributed by atoms with Gasteiger partial charge < -0.3 is 10.1 Å². The summed E-state index contributed by atoms with van der Waals surface area (Å²) in [5.41, 5.74) is 0. The van der Waals surface area contributed by atoms with Crippen LogP contribution >= 0.6 is 0 Å². The first kappa shape index (κ1) is 12.5. The maximum absolute atomic E-state index is 10.8. The Labute approximate surface area is 81.9 Å². The van der Waals surface area contributed by atoms with Crippen molar-refractivity contribution in [3.05, 3.63) is 0 Å². The fourth-order valence-corrected chi connectivity index (χ4v) is 2.23. The summed E-state index contributed by atoms with van der Waals surface area (Å²) in [6.07, 6.45) is 0.771. The summed E-state index contributed by atoms with van der Waals surface area (Å²) in [4.78, 5) is 10.8. The Morgan fingerprint density at radius 1 is 1.38 bits per heavy atom. The van der Waals surface area contributed by atoms with Crippen molar-refractivity contribution in [2.45, 2.75) is 39.0 Å². The van der Waals surface area contributed by atoms with E-state index in [0.717, 1.165) is 13.0 Å². The minimum Gasteiger partial charge on any atom is -0.450 e. The van der Waals surface area contributed by atoms with Crippen molar-refractivity contribution < 1.29 is 9.53 Å². The predicted octanol–water partition coefficient (Wildman–Crippen LogP) is 2.46. The maximum atomic E-state index is 10.8. The fraction of sp³-hybridized carbons (Fsp3) is 0.889. The van der Waals surface area contributed by atoms with E-state index in [-0.39, 0.29) is 6.09 Å². The van der Waals surface area contributed by atoms with Crippen LogP contribution in [-0.2, 0) is 4.74 Å². The smallest absolute Gasteiger partial charge is 0.407 e. The van der Waals surface area contributed by atoms with Gasteiger partial charge in [0.05, 0.1) is 6.61 Å². The van der Waals surface area contributed by atoms with Crippen molar-refractivity contribution in [1.82, 2.24) is 5.32 Å². The highest BCUT2D eigenvalue weighted by Crippen LogP contribution is 2.09. The van der Waals surface area contributed by atoms with E-state index in [9.17, 15) is 4.79 Å². The van der Waals surface area contributed by atoms with Crippen molar-refractivity contribution in [2.75, 3.05) is 13.2 Å². The van der Waals surface area contributed by atoms with Gasteiger partial charge in [-0.2, -0.15) is 0 Å². The van der Waals surface area contributed by atoms with Gasteiger partial charge in [0.25, 0.3) is 0 Å². The lowest BCUT2D eigenvalue weighted by molar-refractivity contribution is 0.152. The van der Waals surface area contributed by atoms with Gasteiger partial charge in [0, 0.05) is 14.6 Å². The molecule has 1 N–H and O–H groups in total. The minimum atomic E-state index is -0.940. The van der Waals surface area contributed by atoms with Crippen LogP contribution in [0.4, 0.5) is 4.79 Å². The fourth-order valence-electron chi connectivity index (χ4n) is 0.991. The van der Waals surface area contributed by atoms with Gasteiger partial charge in [0.15, 0.2) is 0 Å². The molecule has 4 heteroatoms. The molecule has 0 unspecified atom stereocenters. The summed E-state index contributed by atoms with van der Waals surface area (Å²) in [5, 5.41) is 2.72. The number of carbonyl (C=O) groups excluding carboxylic acids is 1. The van der Waals surface area contributed by atoms with Crippen molar-refractivity contribution in [2.24, 2.45) is 0 Å². The number of carbonyl (C=O) groups is 1. The number of nitrogens with one attached hydrogen (secondary N) is 1. The number of rotatable bonds is 5. The number of amides is 1. The molecule has 0 radical (unpaired) electrons. The van der Waals surface area contributed by atoms with Crippen LogP contribution in [-0.4, -0.2) is 27.3 Å². The molecule has 3 nitrogen and oxygen atoms in total. The van der Waals surface area contributed by atoms with Gasteiger partial charge in [-0.1, -0.05) is 25.7 Å². The molecule has 0 saturated carbocycles. The van der Waals surface area contributed by atoms with E-state index in [1.165, 1.54) is 6.04 Å². The first-order valence-corrected chi connectivity index (χ1v) is 8.57. The van der Waals surface area contributed by atoms with Crippen LogP contribution in [0.5, 0.6) is 0 Å². The van der Waals surface area contributed by atoms with Crippen LogP contribution in [0.3, 0.4) is 0 Å². The molecule has 78 valence electrons. The Hall–Kier alpha value is -0.513. The first-order valence-electron chi connectivity index (χ1n) is 4.86. The van der Waals surface area contributed by atoms with Crippen LogP contribution in [0.15, 0.2) is 0 Å². The van der Waals surface area contributed by atoms with Gasteiger partial charge in [0.2, 0.25) is 0 Å². The third-order valence-electron chi connectivity index (χ3n) is 1.65. The third kappa shape index (κ3) is 9.40. The van der Waals surface area contributed by atoms with Crippen LogP contribution in [0.2, 0.25) is 25.7 Å². The summed E-state index contributed by atoms with van der Waals surface area (Å²) in [7, 11) is -0.940. The van der Waals surface area contributed by atoms with Gasteiger partial charge in [-0.05, 0) is 13.3 Å². The van der Waals surface area contributed by atoms with E-state index in [2.05, 4.69) is 25.0 Å². The van der Waals surface area contributed by atoms with Crippen molar-refractivity contribution >= 4 is 14.2 Å². The Morgan fingerprint density at radius 3 is 2.46 bits per heavy atom. The van der Waals surface area contributed by atoms with Gasteiger partial charge in [0.1, 0.15) is 0 Å². The molecule has 0 aliphatic carbocycles. The lowest BCUT2D eigenvalue weighted by Gasteiger charge is -2.15. The summed E-state index contributed by atoms with van der Waals surface area (Å²) in [6, 6.07) is 1.25. The molecule has 0 aliphatic heterocycles. The van der Waals surface area contributed by atoms with Crippen molar-refractivity contribution in [3.8, 4) is 0 Å². The molecule has 0 aliphatic rings. The predicted molar refractivity (Wildman–Crippen MR) is 57.8 cm³/mol. The Bertz CT molecular complexity index is 154. The van der Waals surface area contributed by atoms with Crippen LogP contribution in [0.1, 0.15) is 13.3 Å². The normalized spacial score (nSPS) is 11.1. The zero-order valence-electron chi connectivity index (χ0n) is 9.14. The average molecular weight is 203 g/mol. The first-order chi connectivity index (χ1) is 5.95. The van der Waals surface area contributed by atoms with Crippen molar-refractivity contribution in [1.29, 1.82) is 0 Å². The van der Waals surface area contributed by atoms with Gasteiger partial charge in [-0.25, -0.2) is 4.79 Å². The molecular weight excluding hydrogens is 182 g/mol. The largest absolute Gasteiger partial charge is 0.450 e. The molecule has 0 rings (SSSR count). The second-order valence-electron chi connectivity index (χ2n) is 4.31. The molecule has 0 bridgehead atoms. The minimum absolute atomic E-state index is 0.293. The van der Waals surface area contributed by atoms with E-state index < -0.39 is 8.07 Å². The standard InChI is InChI=1S/C9H21NO2Si/c1-5-12-9(11)10-7-6-8-13(2,3)4/h5-8H2,1-4H3,(H,10,11). The molecule has 0 aromatic rings. The highest BCUT2D eigenvalue weighted by molar-refractivity contribution is 6.76. The SMILES string of the molecule is CCOC(=O)NCCC[Si](C)(C)C. The van der Waals surface area contributed by atoms with Gasteiger partial charge in [-0.3, -0.25) is 0 Å². The van der Waals surface area contributed by atoms with E-state index in [1.807, 2.05) is 6.92 Å². The molecule has 0 aromatic heterocycles. The highest BCUT2D eigenvalue weighted by Gasteiger charge is 2.11. The Morgan fingerprint density at radius 2 is 2.00 bits per heavy atom. The second kappa shape index (κ2) is 6.02. The lowest BCUT2D eigenvalue weighted by Crippen LogP contribution is -2.27. The molecule has 0 fully saturated rings. The van der Waals surface area contributed by atoms with E-state index in [4.69, 9.17) is 4.74 Å². The quantitative estimate of drug-likeness (QED) is 0.550. The second-order valence-corrected chi connectivity index (χ2v) is 9.93. The van der Waals surface area contributed by atoms with Gasteiger partial charge in [-0.15, -0.1) is 0 Å². The molecule has 1 amide bonds. The number of ether oxygens (including phenoxy) is 1. The molecule has 0 aromatic carbocycles. The monoisotopic (exact) mass is 203 g/mol. The van der Waals surface area contributed by atoms with E-state index in [0.29, 0.717) is 6.61 Å². The number of hydrogen-bond acceptors (Lipinski definition) is 2. The number of hydrogen-bond donors (Lipinski definition) is 1. The highest BCUT2D eigenvalue weighted by atomic mass is 28.3. The molecular formula is C9H21NO2Si. The lowest BCUT2D eigenvalue weighted by atomic mass is 10.5. The summed E-state index contributed by atoms with van der Waals surface area (Å²) < 4.78 is 4.74. The van der Waals surface area contributed by atoms with Crippen molar-refractivity contribution in [3.63, 3.8) is 0 Å². The van der Waals surface area contributed by atoms with Gasteiger partial charge >= 0.3 is 6.09 Å². The van der Waals surface area contributed by atoms with Crippen LogP contribution < -0.4 is 5.32 Å². The molecule has 0 spiro atoms. The molecule has 0 saturated heterocycles. The average Bonchev–Trinajstić information content (AvgIpc) is 1.97. The molecule has 0 atom stereocenters. The molecule has 13 heavy (non-hydrogen) atoms. The summed E-state index contributed by atoms with van der Waals surface area (Å²) in [6.45, 7) is 9.98. The molecule has 0 heterocycles. The van der Waals surface area contributed by atoms with E-state index >= 15 is 0 Å².